The molecule has 0 aliphatic heterocycles. The Morgan fingerprint density at radius 2 is 1.90 bits per heavy atom. The smallest absolute Gasteiger partial charge is 0 e. The van der Waals surface area contributed by atoms with Crippen molar-refractivity contribution in [3.05, 3.63) is 41.5 Å². The third kappa shape index (κ3) is 1.05. The molecule has 0 bridgehead atoms. The van der Waals surface area contributed by atoms with E-state index in [1.165, 1.54) is 11.1 Å². The Kier molecular flexibility index (Phi) is 2.07. The molecule has 1 heteroatoms. The first-order valence-corrected chi connectivity index (χ1v) is 3.21. The second-order valence-corrected chi connectivity index (χ2v) is 2.31. The number of hydrogen-bond acceptors (Lipinski definition) is 0. The minimum Gasteiger partial charge on any atom is -0.0795 e. The monoisotopic (exact) mass is 144 g/mol. The lowest BCUT2D eigenvalue weighted by Crippen LogP contribution is -1.76. The van der Waals surface area contributed by atoms with Crippen LogP contribution in [-0.2, 0) is 6.42 Å². The molecule has 0 spiro atoms. The highest BCUT2D eigenvalue weighted by atomic mass is 28.1. The fourth-order valence-corrected chi connectivity index (χ4v) is 1.20. The highest BCUT2D eigenvalue weighted by Gasteiger charge is 2.00. The first-order valence-electron chi connectivity index (χ1n) is 3.21. The molecule has 0 nitrogen and oxygen atoms in total. The lowest BCUT2D eigenvalue weighted by molar-refractivity contribution is 1.31. The van der Waals surface area contributed by atoms with E-state index < -0.39 is 0 Å². The third-order valence-electron chi connectivity index (χ3n) is 1.69. The Bertz CT molecular complexity index is 251. The van der Waals surface area contributed by atoms with E-state index in [-0.39, 0.29) is 11.0 Å². The summed E-state index contributed by atoms with van der Waals surface area (Å²) in [5.41, 5.74) is 2.84. The Morgan fingerprint density at radius 3 is 2.70 bits per heavy atom. The fraction of sp³-hybridized carbons (Fsp3) is 0.111. The van der Waals surface area contributed by atoms with Crippen molar-refractivity contribution in [2.45, 2.75) is 6.42 Å². The van der Waals surface area contributed by atoms with E-state index >= 15 is 0 Å². The van der Waals surface area contributed by atoms with Gasteiger partial charge in [-0.1, -0.05) is 36.4 Å². The summed E-state index contributed by atoms with van der Waals surface area (Å²) < 4.78 is 0. The van der Waals surface area contributed by atoms with Crippen LogP contribution in [-0.4, -0.2) is 11.0 Å². The molecule has 0 heterocycles. The molecule has 48 valence electrons. The molecule has 0 unspecified atom stereocenters. The van der Waals surface area contributed by atoms with E-state index in [2.05, 4.69) is 36.4 Å². The van der Waals surface area contributed by atoms with Gasteiger partial charge in [-0.3, -0.25) is 0 Å². The van der Waals surface area contributed by atoms with Crippen LogP contribution in [0.1, 0.15) is 11.1 Å². The molecule has 1 aliphatic carbocycles. The highest BCUT2D eigenvalue weighted by molar-refractivity contribution is 5.75. The number of rotatable bonds is 0. The molecule has 10 heavy (non-hydrogen) atoms. The van der Waals surface area contributed by atoms with Crippen LogP contribution in [0.15, 0.2) is 30.3 Å². The second kappa shape index (κ2) is 2.84. The largest absolute Gasteiger partial charge is 0.0795 e. The summed E-state index contributed by atoms with van der Waals surface area (Å²) in [7, 11) is 0. The Hall–Kier alpha value is -0.823. The van der Waals surface area contributed by atoms with Gasteiger partial charge in [0, 0.05) is 11.0 Å². The van der Waals surface area contributed by atoms with Crippen LogP contribution < -0.4 is 0 Å². The van der Waals surface area contributed by atoms with Gasteiger partial charge in [-0.25, -0.2) is 0 Å². The molecule has 0 N–H and O–H groups in total. The summed E-state index contributed by atoms with van der Waals surface area (Å²) in [4.78, 5) is 0. The van der Waals surface area contributed by atoms with Gasteiger partial charge in [0.1, 0.15) is 0 Å². The number of hydrogen-bond donors (Lipinski definition) is 0. The minimum atomic E-state index is 0. The van der Waals surface area contributed by atoms with E-state index in [0.29, 0.717) is 0 Å². The van der Waals surface area contributed by atoms with Gasteiger partial charge in [0.2, 0.25) is 0 Å². The number of allylic oxidation sites excluding steroid dienone is 1. The SMILES string of the molecule is C1=Cc2ccccc2C1.[Si]. The van der Waals surface area contributed by atoms with Crippen molar-refractivity contribution < 1.29 is 0 Å². The summed E-state index contributed by atoms with van der Waals surface area (Å²) in [5, 5.41) is 0. The topological polar surface area (TPSA) is 0 Å². The quantitative estimate of drug-likeness (QED) is 0.488. The second-order valence-electron chi connectivity index (χ2n) is 2.31. The first kappa shape index (κ1) is 7.29. The van der Waals surface area contributed by atoms with E-state index in [9.17, 15) is 0 Å². The standard InChI is InChI=1S/C9H8.Si/c1-2-5-9-7-3-6-8(9)4-1;/h1-6H,7H2;. The molecule has 2 rings (SSSR count). The van der Waals surface area contributed by atoms with Crippen molar-refractivity contribution in [3.8, 4) is 0 Å². The van der Waals surface area contributed by atoms with Crippen molar-refractivity contribution in [2.24, 2.45) is 0 Å². The van der Waals surface area contributed by atoms with Gasteiger partial charge in [-0.15, -0.1) is 0 Å². The zero-order valence-electron chi connectivity index (χ0n) is 5.67. The van der Waals surface area contributed by atoms with E-state index in [4.69, 9.17) is 0 Å². The zero-order valence-corrected chi connectivity index (χ0v) is 6.67. The van der Waals surface area contributed by atoms with Gasteiger partial charge < -0.3 is 0 Å². The maximum absolute atomic E-state index is 2.20. The maximum Gasteiger partial charge on any atom is 0 e. The average Bonchev–Trinajstić information content (AvgIpc) is 2.33. The Morgan fingerprint density at radius 1 is 1.10 bits per heavy atom. The molecule has 0 atom stereocenters. The summed E-state index contributed by atoms with van der Waals surface area (Å²) >= 11 is 0. The summed E-state index contributed by atoms with van der Waals surface area (Å²) in [6, 6.07) is 8.49. The molecular formula is C9H8Si. The molecule has 1 aliphatic rings. The summed E-state index contributed by atoms with van der Waals surface area (Å²) in [5.74, 6) is 0. The number of fused-ring (bicyclic) bond motifs is 1. The molecule has 4 radical (unpaired) electrons. The molecule has 1 aromatic carbocycles. The van der Waals surface area contributed by atoms with Gasteiger partial charge in [-0.05, 0) is 17.5 Å². The highest BCUT2D eigenvalue weighted by Crippen LogP contribution is 2.17. The molecule has 0 saturated carbocycles. The third-order valence-corrected chi connectivity index (χ3v) is 1.69. The van der Waals surface area contributed by atoms with Gasteiger partial charge in [0.05, 0.1) is 0 Å². The molecule has 0 aromatic heterocycles. The lowest BCUT2D eigenvalue weighted by Gasteiger charge is -1.93. The normalized spacial score (nSPS) is 12.4. The molecule has 0 fully saturated rings. The van der Waals surface area contributed by atoms with E-state index in [1.807, 2.05) is 0 Å². The van der Waals surface area contributed by atoms with Crippen molar-refractivity contribution >= 4 is 17.0 Å². The van der Waals surface area contributed by atoms with Crippen LogP contribution in [0.25, 0.3) is 6.08 Å². The summed E-state index contributed by atoms with van der Waals surface area (Å²) in [6.45, 7) is 0. The van der Waals surface area contributed by atoms with Crippen molar-refractivity contribution in [2.75, 3.05) is 0 Å². The molecular weight excluding hydrogens is 136 g/mol. The van der Waals surface area contributed by atoms with Crippen LogP contribution in [0.2, 0.25) is 0 Å². The minimum absolute atomic E-state index is 0. The Balaban J connectivity index is 0.000000500. The van der Waals surface area contributed by atoms with Crippen molar-refractivity contribution in [3.63, 3.8) is 0 Å². The predicted molar refractivity (Wildman–Crippen MR) is 44.9 cm³/mol. The molecule has 0 amide bonds. The van der Waals surface area contributed by atoms with Crippen molar-refractivity contribution in [1.29, 1.82) is 0 Å². The number of benzene rings is 1. The van der Waals surface area contributed by atoms with Crippen LogP contribution in [0.4, 0.5) is 0 Å². The van der Waals surface area contributed by atoms with Crippen LogP contribution >= 0.6 is 0 Å². The first-order chi connectivity index (χ1) is 4.47. The maximum atomic E-state index is 2.20. The zero-order chi connectivity index (χ0) is 6.10. The van der Waals surface area contributed by atoms with Crippen LogP contribution in [0, 0.1) is 0 Å². The van der Waals surface area contributed by atoms with Crippen molar-refractivity contribution in [1.82, 2.24) is 0 Å². The summed E-state index contributed by atoms with van der Waals surface area (Å²) in [6.07, 6.45) is 5.50. The van der Waals surface area contributed by atoms with E-state index in [1.54, 1.807) is 0 Å². The molecule has 0 saturated heterocycles. The van der Waals surface area contributed by atoms with Gasteiger partial charge in [-0.2, -0.15) is 0 Å². The lowest BCUT2D eigenvalue weighted by atomic mass is 10.1. The van der Waals surface area contributed by atoms with Gasteiger partial charge in [0.25, 0.3) is 0 Å². The van der Waals surface area contributed by atoms with Crippen LogP contribution in [0.3, 0.4) is 0 Å². The van der Waals surface area contributed by atoms with E-state index in [0.717, 1.165) is 6.42 Å². The van der Waals surface area contributed by atoms with Crippen LogP contribution in [0.5, 0.6) is 0 Å². The molecule has 1 aromatic rings. The average molecular weight is 144 g/mol. The van der Waals surface area contributed by atoms with Gasteiger partial charge >= 0.3 is 0 Å². The fourth-order valence-electron chi connectivity index (χ4n) is 1.20. The van der Waals surface area contributed by atoms with Gasteiger partial charge in [0.15, 0.2) is 0 Å². The predicted octanol–water partition coefficient (Wildman–Crippen LogP) is 1.88. The Labute approximate surface area is 65.6 Å².